The Hall–Kier alpha value is -2.76. The number of aromatic nitrogens is 3. The van der Waals surface area contributed by atoms with Gasteiger partial charge in [-0.1, -0.05) is 25.0 Å². The molecule has 1 amide bonds. The summed E-state index contributed by atoms with van der Waals surface area (Å²) in [7, 11) is 0. The number of nitrogens with zero attached hydrogens (tertiary/aromatic N) is 4. The van der Waals surface area contributed by atoms with E-state index in [0.29, 0.717) is 12.5 Å². The van der Waals surface area contributed by atoms with Gasteiger partial charge >= 0.3 is 0 Å². The van der Waals surface area contributed by atoms with Gasteiger partial charge in [-0.2, -0.15) is 0 Å². The second kappa shape index (κ2) is 7.58. The number of fused-ring (bicyclic) bond motifs is 1. The summed E-state index contributed by atoms with van der Waals surface area (Å²) in [5.74, 6) is 1.38. The summed E-state index contributed by atoms with van der Waals surface area (Å²) in [5.41, 5.74) is 2.60. The van der Waals surface area contributed by atoms with Crippen molar-refractivity contribution < 1.29 is 9.18 Å². The van der Waals surface area contributed by atoms with Crippen LogP contribution in [0.4, 0.5) is 4.39 Å². The molecule has 1 saturated heterocycles. The second-order valence-electron chi connectivity index (χ2n) is 8.26. The van der Waals surface area contributed by atoms with Crippen LogP contribution in [0.25, 0.3) is 11.2 Å². The highest BCUT2D eigenvalue weighted by molar-refractivity contribution is 5.79. The average Bonchev–Trinajstić information content (AvgIpc) is 3.46. The van der Waals surface area contributed by atoms with E-state index in [1.54, 1.807) is 12.1 Å². The number of carbonyl (C=O) groups excluding carboxylic acids is 1. The van der Waals surface area contributed by atoms with Crippen LogP contribution in [0.3, 0.4) is 0 Å². The Morgan fingerprint density at radius 3 is 2.83 bits per heavy atom. The Kier molecular flexibility index (Phi) is 4.78. The smallest absolute Gasteiger partial charge is 0.227 e. The maximum atomic E-state index is 13.4. The number of hydrogen-bond donors (Lipinski definition) is 0. The molecule has 6 heteroatoms. The maximum absolute atomic E-state index is 13.4. The molecule has 0 spiro atoms. The number of pyridine rings is 1. The summed E-state index contributed by atoms with van der Waals surface area (Å²) in [6.45, 7) is 1.38. The number of likely N-dealkylation sites (tertiary alicyclic amines) is 1. The molecular weight excluding hydrogens is 367 g/mol. The summed E-state index contributed by atoms with van der Waals surface area (Å²) in [5, 5.41) is 0. The highest BCUT2D eigenvalue weighted by Crippen LogP contribution is 2.38. The Morgan fingerprint density at radius 2 is 2.00 bits per heavy atom. The fourth-order valence-corrected chi connectivity index (χ4v) is 4.89. The second-order valence-corrected chi connectivity index (χ2v) is 8.26. The summed E-state index contributed by atoms with van der Waals surface area (Å²) < 4.78 is 15.7. The largest absolute Gasteiger partial charge is 0.340 e. The molecule has 3 aromatic rings. The van der Waals surface area contributed by atoms with Gasteiger partial charge in [0.1, 0.15) is 17.2 Å². The quantitative estimate of drug-likeness (QED) is 0.667. The minimum atomic E-state index is -0.299. The van der Waals surface area contributed by atoms with E-state index in [1.807, 2.05) is 23.2 Å². The SMILES string of the molecule is O=C(Cc1cccc(F)c1)N1CC[C@@H](n2c(C3CCCC3)nc3cccnc32)C1. The molecule has 0 bridgehead atoms. The van der Waals surface area contributed by atoms with Gasteiger partial charge in [0.05, 0.1) is 12.5 Å². The predicted octanol–water partition coefficient (Wildman–Crippen LogP) is 4.24. The number of benzene rings is 1. The zero-order valence-electron chi connectivity index (χ0n) is 16.4. The third-order valence-electron chi connectivity index (χ3n) is 6.32. The van der Waals surface area contributed by atoms with Crippen molar-refractivity contribution in [1.82, 2.24) is 19.4 Å². The fourth-order valence-electron chi connectivity index (χ4n) is 4.89. The summed E-state index contributed by atoms with van der Waals surface area (Å²) in [6, 6.07) is 10.5. The van der Waals surface area contributed by atoms with E-state index in [-0.39, 0.29) is 24.2 Å². The number of rotatable bonds is 4. The van der Waals surface area contributed by atoms with Crippen molar-refractivity contribution in [3.05, 3.63) is 59.8 Å². The van der Waals surface area contributed by atoms with Crippen molar-refractivity contribution in [3.8, 4) is 0 Å². The lowest BCUT2D eigenvalue weighted by molar-refractivity contribution is -0.129. The molecule has 1 aliphatic carbocycles. The number of carbonyl (C=O) groups is 1. The van der Waals surface area contributed by atoms with E-state index in [4.69, 9.17) is 4.98 Å². The first-order valence-electron chi connectivity index (χ1n) is 10.5. The van der Waals surface area contributed by atoms with E-state index in [2.05, 4.69) is 9.55 Å². The van der Waals surface area contributed by atoms with Gasteiger partial charge in [-0.3, -0.25) is 4.79 Å². The minimum absolute atomic E-state index is 0.0536. The molecule has 1 aliphatic heterocycles. The molecule has 1 atom stereocenters. The fraction of sp³-hybridized carbons (Fsp3) is 0.435. The lowest BCUT2D eigenvalue weighted by atomic mass is 10.1. The van der Waals surface area contributed by atoms with Gasteiger partial charge in [0.15, 0.2) is 5.65 Å². The summed E-state index contributed by atoms with van der Waals surface area (Å²) >= 11 is 0. The standard InChI is InChI=1S/C23H25FN4O/c24-18-8-3-5-16(13-18)14-21(29)27-12-10-19(15-27)28-22(17-6-1-2-7-17)26-20-9-4-11-25-23(20)28/h3-5,8-9,11,13,17,19H,1-2,6-7,10,12,14-15H2/t19-/m1/s1. The number of imidazole rings is 1. The van der Waals surface area contributed by atoms with Crippen LogP contribution >= 0.6 is 0 Å². The predicted molar refractivity (Wildman–Crippen MR) is 109 cm³/mol. The van der Waals surface area contributed by atoms with Crippen LogP contribution in [-0.4, -0.2) is 38.4 Å². The monoisotopic (exact) mass is 392 g/mol. The molecule has 0 radical (unpaired) electrons. The van der Waals surface area contributed by atoms with Gasteiger partial charge in [-0.15, -0.1) is 0 Å². The first kappa shape index (κ1) is 18.3. The molecular formula is C23H25FN4O. The van der Waals surface area contributed by atoms with Crippen molar-refractivity contribution in [2.75, 3.05) is 13.1 Å². The first-order valence-corrected chi connectivity index (χ1v) is 10.5. The molecule has 0 unspecified atom stereocenters. The van der Waals surface area contributed by atoms with Crippen molar-refractivity contribution in [1.29, 1.82) is 0 Å². The van der Waals surface area contributed by atoms with Gasteiger partial charge in [-0.05, 0) is 49.1 Å². The van der Waals surface area contributed by atoms with Crippen molar-refractivity contribution >= 4 is 17.1 Å². The van der Waals surface area contributed by atoms with E-state index < -0.39 is 0 Å². The van der Waals surface area contributed by atoms with E-state index >= 15 is 0 Å². The van der Waals surface area contributed by atoms with Crippen LogP contribution in [0.5, 0.6) is 0 Å². The van der Waals surface area contributed by atoms with Gasteiger partial charge in [0.2, 0.25) is 5.91 Å². The molecule has 150 valence electrons. The average molecular weight is 392 g/mol. The molecule has 5 nitrogen and oxygen atoms in total. The van der Waals surface area contributed by atoms with Crippen LogP contribution in [-0.2, 0) is 11.2 Å². The van der Waals surface area contributed by atoms with Crippen molar-refractivity contribution in [3.63, 3.8) is 0 Å². The van der Waals surface area contributed by atoms with Gasteiger partial charge in [0.25, 0.3) is 0 Å². The van der Waals surface area contributed by atoms with E-state index in [9.17, 15) is 9.18 Å². The van der Waals surface area contributed by atoms with Crippen molar-refractivity contribution in [2.24, 2.45) is 0 Å². The minimum Gasteiger partial charge on any atom is -0.340 e. The van der Waals surface area contributed by atoms with Crippen molar-refractivity contribution in [2.45, 2.75) is 50.5 Å². The van der Waals surface area contributed by atoms with Crippen LogP contribution in [0.1, 0.15) is 55.5 Å². The lowest BCUT2D eigenvalue weighted by Crippen LogP contribution is -2.30. The Balaban J connectivity index is 1.39. The molecule has 2 aliphatic rings. The molecule has 1 aromatic carbocycles. The number of amides is 1. The topological polar surface area (TPSA) is 51.0 Å². The highest BCUT2D eigenvalue weighted by Gasteiger charge is 2.33. The summed E-state index contributed by atoms with van der Waals surface area (Å²) in [4.78, 5) is 24.3. The van der Waals surface area contributed by atoms with Crippen LogP contribution in [0, 0.1) is 5.82 Å². The third kappa shape index (κ3) is 3.52. The molecule has 2 fully saturated rings. The normalized spacial score (nSPS) is 20.0. The zero-order valence-corrected chi connectivity index (χ0v) is 16.4. The molecule has 2 aromatic heterocycles. The maximum Gasteiger partial charge on any atom is 0.227 e. The van der Waals surface area contributed by atoms with Crippen LogP contribution in [0.15, 0.2) is 42.6 Å². The van der Waals surface area contributed by atoms with E-state index in [0.717, 1.165) is 35.5 Å². The first-order chi connectivity index (χ1) is 14.2. The zero-order chi connectivity index (χ0) is 19.8. The summed E-state index contributed by atoms with van der Waals surface area (Å²) in [6.07, 6.45) is 7.82. The third-order valence-corrected chi connectivity index (χ3v) is 6.32. The number of halogens is 1. The van der Waals surface area contributed by atoms with E-state index in [1.165, 1.54) is 37.8 Å². The van der Waals surface area contributed by atoms with Gasteiger partial charge in [0, 0.05) is 25.2 Å². The lowest BCUT2D eigenvalue weighted by Gasteiger charge is -2.20. The Bertz CT molecular complexity index is 1040. The molecule has 5 rings (SSSR count). The molecule has 0 N–H and O–H groups in total. The van der Waals surface area contributed by atoms with Gasteiger partial charge < -0.3 is 9.47 Å². The molecule has 3 heterocycles. The molecule has 29 heavy (non-hydrogen) atoms. The molecule has 1 saturated carbocycles. The number of hydrogen-bond acceptors (Lipinski definition) is 3. The van der Waals surface area contributed by atoms with Gasteiger partial charge in [-0.25, -0.2) is 14.4 Å². The highest BCUT2D eigenvalue weighted by atomic mass is 19.1. The Morgan fingerprint density at radius 1 is 1.14 bits per heavy atom. The van der Waals surface area contributed by atoms with Crippen LogP contribution < -0.4 is 0 Å². The Labute approximate surface area is 169 Å². The van der Waals surface area contributed by atoms with Crippen LogP contribution in [0.2, 0.25) is 0 Å².